The molecule has 0 unspecified atom stereocenters. The minimum Gasteiger partial charge on any atom is -0.369 e. The van der Waals surface area contributed by atoms with E-state index < -0.39 is 5.91 Å². The lowest BCUT2D eigenvalue weighted by molar-refractivity contribution is -0.123. The van der Waals surface area contributed by atoms with Crippen LogP contribution >= 0.6 is 23.2 Å². The zero-order valence-corrected chi connectivity index (χ0v) is 12.7. The fourth-order valence-electron chi connectivity index (χ4n) is 1.70. The highest BCUT2D eigenvalue weighted by molar-refractivity contribution is 6.42. The van der Waals surface area contributed by atoms with Crippen LogP contribution in [0.15, 0.2) is 18.2 Å². The molecule has 0 aliphatic carbocycles. The topological polar surface area (TPSA) is 75.4 Å². The second-order valence-corrected chi connectivity index (χ2v) is 5.24. The number of primary amides is 1. The summed E-state index contributed by atoms with van der Waals surface area (Å²) in [7, 11) is 1.65. The highest BCUT2D eigenvalue weighted by Gasteiger charge is 2.09. The second kappa shape index (κ2) is 8.09. The van der Waals surface area contributed by atoms with Crippen LogP contribution in [0.2, 0.25) is 10.0 Å². The first-order valence-corrected chi connectivity index (χ1v) is 6.82. The molecule has 0 aromatic heterocycles. The molecule has 7 heteroatoms. The number of rotatable bonds is 7. The molecule has 0 atom stereocenters. The molecule has 20 heavy (non-hydrogen) atoms. The van der Waals surface area contributed by atoms with E-state index in [4.69, 9.17) is 28.9 Å². The zero-order chi connectivity index (χ0) is 15.1. The first kappa shape index (κ1) is 16.8. The van der Waals surface area contributed by atoms with Gasteiger partial charge in [0.05, 0.1) is 23.1 Å². The van der Waals surface area contributed by atoms with E-state index >= 15 is 0 Å². The number of likely N-dealkylation sites (N-methyl/N-ethyl adjacent to an activating group) is 1. The predicted molar refractivity (Wildman–Crippen MR) is 79.9 cm³/mol. The van der Waals surface area contributed by atoms with Gasteiger partial charge in [-0.1, -0.05) is 35.3 Å². The van der Waals surface area contributed by atoms with E-state index in [1.54, 1.807) is 18.0 Å². The van der Waals surface area contributed by atoms with Crippen molar-refractivity contribution in [2.24, 2.45) is 5.73 Å². The quantitative estimate of drug-likeness (QED) is 0.790. The van der Waals surface area contributed by atoms with Crippen molar-refractivity contribution < 1.29 is 9.59 Å². The normalized spacial score (nSPS) is 10.6. The predicted octanol–water partition coefficient (Wildman–Crippen LogP) is 1.07. The van der Waals surface area contributed by atoms with Crippen LogP contribution in [0.3, 0.4) is 0 Å². The molecule has 0 saturated heterocycles. The maximum atomic E-state index is 11.6. The molecule has 0 spiro atoms. The van der Waals surface area contributed by atoms with E-state index in [0.29, 0.717) is 23.0 Å². The van der Waals surface area contributed by atoms with Crippen molar-refractivity contribution in [3.8, 4) is 0 Å². The average Bonchev–Trinajstić information content (AvgIpc) is 2.33. The lowest BCUT2D eigenvalue weighted by Crippen LogP contribution is -2.39. The smallest absolute Gasteiger partial charge is 0.234 e. The Bertz CT molecular complexity index is 495. The minimum absolute atomic E-state index is 0.0491. The van der Waals surface area contributed by atoms with Gasteiger partial charge in [-0.05, 0) is 25.1 Å². The Hall–Kier alpha value is -1.30. The molecule has 0 aliphatic rings. The van der Waals surface area contributed by atoms with Gasteiger partial charge >= 0.3 is 0 Å². The summed E-state index contributed by atoms with van der Waals surface area (Å²) in [4.78, 5) is 23.8. The number of nitrogens with zero attached hydrogens (tertiary/aromatic N) is 1. The maximum Gasteiger partial charge on any atom is 0.234 e. The summed E-state index contributed by atoms with van der Waals surface area (Å²) < 4.78 is 0. The molecule has 1 rings (SSSR count). The lowest BCUT2D eigenvalue weighted by atomic mass is 10.1. The van der Waals surface area contributed by atoms with Crippen molar-refractivity contribution in [1.29, 1.82) is 0 Å². The van der Waals surface area contributed by atoms with Crippen LogP contribution in [-0.2, 0) is 16.0 Å². The summed E-state index contributed by atoms with van der Waals surface area (Å²) >= 11 is 11.9. The monoisotopic (exact) mass is 317 g/mol. The van der Waals surface area contributed by atoms with E-state index in [-0.39, 0.29) is 19.0 Å². The number of benzene rings is 1. The fraction of sp³-hybridized carbons (Fsp3) is 0.385. The van der Waals surface area contributed by atoms with Gasteiger partial charge in [-0.2, -0.15) is 0 Å². The number of nitrogens with one attached hydrogen (secondary N) is 1. The van der Waals surface area contributed by atoms with Gasteiger partial charge in [0, 0.05) is 6.54 Å². The molecule has 5 nitrogen and oxygen atoms in total. The van der Waals surface area contributed by atoms with E-state index in [0.717, 1.165) is 5.56 Å². The van der Waals surface area contributed by atoms with Crippen LogP contribution in [0.1, 0.15) is 5.56 Å². The van der Waals surface area contributed by atoms with Gasteiger partial charge in [-0.25, -0.2) is 0 Å². The molecule has 0 fully saturated rings. The SMILES string of the molecule is CN(CC(N)=O)CC(=O)NCCc1cccc(Cl)c1Cl. The Morgan fingerprint density at radius 2 is 2.00 bits per heavy atom. The molecule has 0 heterocycles. The number of hydrogen-bond acceptors (Lipinski definition) is 3. The van der Waals surface area contributed by atoms with Crippen molar-refractivity contribution in [2.75, 3.05) is 26.7 Å². The van der Waals surface area contributed by atoms with Crippen molar-refractivity contribution in [1.82, 2.24) is 10.2 Å². The van der Waals surface area contributed by atoms with Crippen LogP contribution in [0.4, 0.5) is 0 Å². The van der Waals surface area contributed by atoms with Gasteiger partial charge in [0.2, 0.25) is 11.8 Å². The molecule has 0 bridgehead atoms. The number of amides is 2. The molecule has 3 N–H and O–H groups in total. The summed E-state index contributed by atoms with van der Waals surface area (Å²) in [6.45, 7) is 0.614. The molecular weight excluding hydrogens is 301 g/mol. The van der Waals surface area contributed by atoms with Gasteiger partial charge in [0.1, 0.15) is 0 Å². The summed E-state index contributed by atoms with van der Waals surface area (Å²) in [5.41, 5.74) is 5.92. The van der Waals surface area contributed by atoms with Gasteiger partial charge in [0.25, 0.3) is 0 Å². The lowest BCUT2D eigenvalue weighted by Gasteiger charge is -2.14. The fourth-order valence-corrected chi connectivity index (χ4v) is 2.12. The minimum atomic E-state index is -0.467. The van der Waals surface area contributed by atoms with Crippen LogP contribution in [-0.4, -0.2) is 43.4 Å². The Labute approximate surface area is 128 Å². The Kier molecular flexibility index (Phi) is 6.78. The first-order chi connectivity index (χ1) is 9.40. The Balaban J connectivity index is 2.35. The zero-order valence-electron chi connectivity index (χ0n) is 11.2. The Morgan fingerprint density at radius 1 is 1.30 bits per heavy atom. The van der Waals surface area contributed by atoms with Gasteiger partial charge < -0.3 is 11.1 Å². The van der Waals surface area contributed by atoms with E-state index in [9.17, 15) is 9.59 Å². The molecule has 0 radical (unpaired) electrons. The molecule has 110 valence electrons. The molecule has 0 saturated carbocycles. The average molecular weight is 318 g/mol. The molecule has 1 aromatic carbocycles. The second-order valence-electron chi connectivity index (χ2n) is 4.45. The molecule has 1 aromatic rings. The number of halogens is 2. The highest BCUT2D eigenvalue weighted by Crippen LogP contribution is 2.25. The van der Waals surface area contributed by atoms with Gasteiger partial charge in [-0.3, -0.25) is 14.5 Å². The molecule has 2 amide bonds. The van der Waals surface area contributed by atoms with Gasteiger partial charge in [0.15, 0.2) is 0 Å². The molecule has 0 aliphatic heterocycles. The van der Waals surface area contributed by atoms with Crippen molar-refractivity contribution >= 4 is 35.0 Å². The maximum absolute atomic E-state index is 11.6. The van der Waals surface area contributed by atoms with Crippen LogP contribution in [0.25, 0.3) is 0 Å². The largest absolute Gasteiger partial charge is 0.369 e. The van der Waals surface area contributed by atoms with Crippen LogP contribution < -0.4 is 11.1 Å². The third-order valence-electron chi connectivity index (χ3n) is 2.59. The highest BCUT2D eigenvalue weighted by atomic mass is 35.5. The standard InChI is InChI=1S/C13H17Cl2N3O2/c1-18(7-11(16)19)8-12(20)17-6-5-9-3-2-4-10(14)13(9)15/h2-4H,5-8H2,1H3,(H2,16,19)(H,17,20). The van der Waals surface area contributed by atoms with E-state index in [2.05, 4.69) is 5.32 Å². The van der Waals surface area contributed by atoms with Crippen LogP contribution in [0, 0.1) is 0 Å². The van der Waals surface area contributed by atoms with Crippen LogP contribution in [0.5, 0.6) is 0 Å². The summed E-state index contributed by atoms with van der Waals surface area (Å²) in [5, 5.41) is 3.75. The van der Waals surface area contributed by atoms with E-state index in [1.807, 2.05) is 12.1 Å². The third kappa shape index (κ3) is 5.77. The van der Waals surface area contributed by atoms with Crippen molar-refractivity contribution in [2.45, 2.75) is 6.42 Å². The number of hydrogen-bond donors (Lipinski definition) is 2. The number of carbonyl (C=O) groups is 2. The van der Waals surface area contributed by atoms with Crippen molar-refractivity contribution in [3.05, 3.63) is 33.8 Å². The van der Waals surface area contributed by atoms with E-state index in [1.165, 1.54) is 0 Å². The summed E-state index contributed by atoms with van der Waals surface area (Å²) in [6, 6.07) is 5.39. The Morgan fingerprint density at radius 3 is 2.65 bits per heavy atom. The first-order valence-electron chi connectivity index (χ1n) is 6.06. The summed E-state index contributed by atoms with van der Waals surface area (Å²) in [6.07, 6.45) is 0.588. The molecular formula is C13H17Cl2N3O2. The summed E-state index contributed by atoms with van der Waals surface area (Å²) in [5.74, 6) is -0.641. The number of nitrogens with two attached hydrogens (primary N) is 1. The third-order valence-corrected chi connectivity index (χ3v) is 3.45. The number of carbonyl (C=O) groups excluding carboxylic acids is 2. The van der Waals surface area contributed by atoms with Crippen molar-refractivity contribution in [3.63, 3.8) is 0 Å². The van der Waals surface area contributed by atoms with Gasteiger partial charge in [-0.15, -0.1) is 0 Å².